The lowest BCUT2D eigenvalue weighted by molar-refractivity contribution is -0.118. The summed E-state index contributed by atoms with van der Waals surface area (Å²) < 4.78 is 0. The molecule has 1 aromatic rings. The largest absolute Gasteiger partial charge is 0.373 e. The number of carbonyl (C=O) groups is 1. The first-order valence-corrected chi connectivity index (χ1v) is 6.08. The van der Waals surface area contributed by atoms with Crippen LogP contribution in [0.15, 0.2) is 6.07 Å². The predicted molar refractivity (Wildman–Crippen MR) is 72.8 cm³/mol. The Labute approximate surface area is 108 Å². The molecule has 0 unspecified atom stereocenters. The van der Waals surface area contributed by atoms with Crippen molar-refractivity contribution in [2.45, 2.75) is 26.7 Å². The highest BCUT2D eigenvalue weighted by Gasteiger charge is 2.07. The molecule has 0 aliphatic rings. The zero-order chi connectivity index (χ0) is 13.5. The van der Waals surface area contributed by atoms with Gasteiger partial charge in [-0.05, 0) is 0 Å². The SMILES string of the molecule is CNc1cc(NCCNC(C)=O)nc(C(C)C)n1. The lowest BCUT2D eigenvalue weighted by Crippen LogP contribution is -2.26. The van der Waals surface area contributed by atoms with E-state index in [1.165, 1.54) is 6.92 Å². The minimum Gasteiger partial charge on any atom is -0.373 e. The van der Waals surface area contributed by atoms with Crippen LogP contribution < -0.4 is 16.0 Å². The minimum absolute atomic E-state index is 0.0294. The number of amides is 1. The van der Waals surface area contributed by atoms with Crippen molar-refractivity contribution in [2.75, 3.05) is 30.8 Å². The average Bonchev–Trinajstić information content (AvgIpc) is 2.34. The first kappa shape index (κ1) is 14.2. The van der Waals surface area contributed by atoms with Crippen LogP contribution in [0.3, 0.4) is 0 Å². The van der Waals surface area contributed by atoms with Crippen LogP contribution in [-0.4, -0.2) is 36.0 Å². The monoisotopic (exact) mass is 251 g/mol. The number of aromatic nitrogens is 2. The maximum absolute atomic E-state index is 10.7. The van der Waals surface area contributed by atoms with Crippen LogP contribution in [0.25, 0.3) is 0 Å². The molecule has 0 saturated carbocycles. The van der Waals surface area contributed by atoms with Crippen molar-refractivity contribution in [1.82, 2.24) is 15.3 Å². The van der Waals surface area contributed by atoms with Gasteiger partial charge in [0, 0.05) is 39.0 Å². The molecule has 0 atom stereocenters. The van der Waals surface area contributed by atoms with Crippen molar-refractivity contribution in [1.29, 1.82) is 0 Å². The molecule has 0 saturated heterocycles. The van der Waals surface area contributed by atoms with Crippen molar-refractivity contribution in [3.63, 3.8) is 0 Å². The first-order chi connectivity index (χ1) is 8.52. The molecular formula is C12H21N5O. The molecule has 6 heteroatoms. The van der Waals surface area contributed by atoms with Crippen LogP contribution >= 0.6 is 0 Å². The second-order valence-electron chi connectivity index (χ2n) is 4.31. The van der Waals surface area contributed by atoms with Gasteiger partial charge in [0.05, 0.1) is 0 Å². The minimum atomic E-state index is -0.0294. The van der Waals surface area contributed by atoms with Crippen LogP contribution in [0, 0.1) is 0 Å². The number of rotatable bonds is 6. The van der Waals surface area contributed by atoms with Crippen molar-refractivity contribution in [2.24, 2.45) is 0 Å². The van der Waals surface area contributed by atoms with E-state index in [0.29, 0.717) is 13.1 Å². The van der Waals surface area contributed by atoms with Gasteiger partial charge in [-0.3, -0.25) is 4.79 Å². The molecule has 6 nitrogen and oxygen atoms in total. The lowest BCUT2D eigenvalue weighted by atomic mass is 10.2. The molecule has 0 spiro atoms. The number of anilines is 2. The van der Waals surface area contributed by atoms with Crippen LogP contribution in [0.2, 0.25) is 0 Å². The Balaban J connectivity index is 2.63. The van der Waals surface area contributed by atoms with Gasteiger partial charge in [0.1, 0.15) is 17.5 Å². The van der Waals surface area contributed by atoms with E-state index in [2.05, 4.69) is 39.8 Å². The summed E-state index contributed by atoms with van der Waals surface area (Å²) in [6.45, 7) is 6.81. The fraction of sp³-hybridized carbons (Fsp3) is 0.583. The summed E-state index contributed by atoms with van der Waals surface area (Å²) in [5, 5.41) is 8.90. The molecule has 100 valence electrons. The second kappa shape index (κ2) is 6.78. The van der Waals surface area contributed by atoms with Gasteiger partial charge >= 0.3 is 0 Å². The van der Waals surface area contributed by atoms with E-state index in [1.807, 2.05) is 13.1 Å². The van der Waals surface area contributed by atoms with Gasteiger partial charge in [0.2, 0.25) is 5.91 Å². The normalized spacial score (nSPS) is 10.3. The first-order valence-electron chi connectivity index (χ1n) is 6.08. The molecule has 1 amide bonds. The fourth-order valence-corrected chi connectivity index (χ4v) is 1.37. The van der Waals surface area contributed by atoms with E-state index in [4.69, 9.17) is 0 Å². The molecule has 0 aliphatic heterocycles. The van der Waals surface area contributed by atoms with Gasteiger partial charge in [-0.2, -0.15) is 0 Å². The number of nitrogens with one attached hydrogen (secondary N) is 3. The highest BCUT2D eigenvalue weighted by atomic mass is 16.1. The van der Waals surface area contributed by atoms with Crippen molar-refractivity contribution < 1.29 is 4.79 Å². The maximum atomic E-state index is 10.7. The second-order valence-corrected chi connectivity index (χ2v) is 4.31. The summed E-state index contributed by atoms with van der Waals surface area (Å²) >= 11 is 0. The topological polar surface area (TPSA) is 78.9 Å². The zero-order valence-corrected chi connectivity index (χ0v) is 11.4. The zero-order valence-electron chi connectivity index (χ0n) is 11.4. The fourth-order valence-electron chi connectivity index (χ4n) is 1.37. The Morgan fingerprint density at radius 2 is 1.94 bits per heavy atom. The van der Waals surface area contributed by atoms with Crippen LogP contribution in [-0.2, 0) is 4.79 Å². The van der Waals surface area contributed by atoms with E-state index in [9.17, 15) is 4.79 Å². The molecule has 0 radical (unpaired) electrons. The van der Waals surface area contributed by atoms with Gasteiger partial charge in [-0.25, -0.2) is 9.97 Å². The van der Waals surface area contributed by atoms with Gasteiger partial charge < -0.3 is 16.0 Å². The number of hydrogen-bond donors (Lipinski definition) is 3. The maximum Gasteiger partial charge on any atom is 0.216 e. The van der Waals surface area contributed by atoms with Crippen molar-refractivity contribution in [3.05, 3.63) is 11.9 Å². The van der Waals surface area contributed by atoms with E-state index in [1.54, 1.807) is 0 Å². The molecule has 18 heavy (non-hydrogen) atoms. The molecular weight excluding hydrogens is 230 g/mol. The third-order valence-electron chi connectivity index (χ3n) is 2.32. The van der Waals surface area contributed by atoms with Gasteiger partial charge in [0.15, 0.2) is 0 Å². The Morgan fingerprint density at radius 1 is 1.28 bits per heavy atom. The molecule has 0 aromatic carbocycles. The van der Waals surface area contributed by atoms with E-state index < -0.39 is 0 Å². The Hall–Kier alpha value is -1.85. The summed E-state index contributed by atoms with van der Waals surface area (Å²) in [5.74, 6) is 2.59. The molecule has 0 bridgehead atoms. The third-order valence-corrected chi connectivity index (χ3v) is 2.32. The number of nitrogens with zero attached hydrogens (tertiary/aromatic N) is 2. The van der Waals surface area contributed by atoms with Gasteiger partial charge in [0.25, 0.3) is 0 Å². The summed E-state index contributed by atoms with van der Waals surface area (Å²) in [7, 11) is 1.83. The molecule has 1 rings (SSSR count). The van der Waals surface area contributed by atoms with Crippen molar-refractivity contribution in [3.8, 4) is 0 Å². The van der Waals surface area contributed by atoms with E-state index in [0.717, 1.165) is 17.5 Å². The Morgan fingerprint density at radius 3 is 2.50 bits per heavy atom. The third kappa shape index (κ3) is 4.57. The molecule has 1 heterocycles. The van der Waals surface area contributed by atoms with Gasteiger partial charge in [-0.15, -0.1) is 0 Å². The highest BCUT2D eigenvalue weighted by molar-refractivity contribution is 5.72. The Bertz CT molecular complexity index is 405. The summed E-state index contributed by atoms with van der Waals surface area (Å²) in [6.07, 6.45) is 0. The van der Waals surface area contributed by atoms with E-state index >= 15 is 0 Å². The smallest absolute Gasteiger partial charge is 0.216 e. The van der Waals surface area contributed by atoms with Gasteiger partial charge in [-0.1, -0.05) is 13.8 Å². The van der Waals surface area contributed by atoms with Crippen LogP contribution in [0.1, 0.15) is 32.5 Å². The van der Waals surface area contributed by atoms with E-state index in [-0.39, 0.29) is 11.8 Å². The predicted octanol–water partition coefficient (Wildman–Crippen LogP) is 1.19. The van der Waals surface area contributed by atoms with Crippen LogP contribution in [0.4, 0.5) is 11.6 Å². The quantitative estimate of drug-likeness (QED) is 0.662. The number of carbonyl (C=O) groups excluding carboxylic acids is 1. The molecule has 0 fully saturated rings. The van der Waals surface area contributed by atoms with Crippen LogP contribution in [0.5, 0.6) is 0 Å². The van der Waals surface area contributed by atoms with Crippen molar-refractivity contribution >= 4 is 17.5 Å². The summed E-state index contributed by atoms with van der Waals surface area (Å²) in [4.78, 5) is 19.5. The summed E-state index contributed by atoms with van der Waals surface area (Å²) in [6, 6.07) is 1.85. The molecule has 1 aromatic heterocycles. The standard InChI is InChI=1S/C12H21N5O/c1-8(2)12-16-10(13-4)7-11(17-12)15-6-5-14-9(3)18/h7-8H,5-6H2,1-4H3,(H,14,18)(H2,13,15,16,17). The molecule has 3 N–H and O–H groups in total. The number of hydrogen-bond acceptors (Lipinski definition) is 5. The lowest BCUT2D eigenvalue weighted by Gasteiger charge is -2.11. The average molecular weight is 251 g/mol. The molecule has 0 aliphatic carbocycles. The summed E-state index contributed by atoms with van der Waals surface area (Å²) in [5.41, 5.74) is 0. The Kier molecular flexibility index (Phi) is 5.35. The highest BCUT2D eigenvalue weighted by Crippen LogP contribution is 2.16.